The molecule has 1 atom stereocenters. The Hall–Kier alpha value is -1.61. The van der Waals surface area contributed by atoms with E-state index in [0.717, 1.165) is 12.0 Å². The summed E-state index contributed by atoms with van der Waals surface area (Å²) in [4.78, 5) is 13.7. The maximum atomic E-state index is 12.1. The topological polar surface area (TPSA) is 40.5 Å². The van der Waals surface area contributed by atoms with Crippen LogP contribution >= 0.6 is 0 Å². The van der Waals surface area contributed by atoms with Crippen LogP contribution in [-0.4, -0.2) is 28.6 Å². The molecule has 0 bridgehead atoms. The molecule has 84 valence electrons. The molecular formula is C13H15NO2. The van der Waals surface area contributed by atoms with Gasteiger partial charge in [-0.2, -0.15) is 0 Å². The number of hydrogen-bond acceptors (Lipinski definition) is 2. The average Bonchev–Trinajstić information content (AvgIpc) is 2.57. The molecular weight excluding hydrogens is 202 g/mol. The monoisotopic (exact) mass is 217 g/mol. The van der Waals surface area contributed by atoms with Crippen molar-refractivity contribution in [2.24, 2.45) is 0 Å². The molecule has 3 heteroatoms. The summed E-state index contributed by atoms with van der Waals surface area (Å²) in [7, 11) is 0. The molecule has 0 saturated heterocycles. The molecule has 0 unspecified atom stereocenters. The van der Waals surface area contributed by atoms with E-state index in [9.17, 15) is 9.90 Å². The molecule has 1 amide bonds. The molecule has 16 heavy (non-hydrogen) atoms. The number of carbonyl (C=O) groups is 1. The second-order valence-corrected chi connectivity index (χ2v) is 3.91. The van der Waals surface area contributed by atoms with Crippen LogP contribution in [0.25, 0.3) is 5.70 Å². The van der Waals surface area contributed by atoms with Gasteiger partial charge in [-0.1, -0.05) is 31.7 Å². The molecule has 1 aromatic rings. The van der Waals surface area contributed by atoms with Gasteiger partial charge in [-0.15, -0.1) is 0 Å². The zero-order valence-corrected chi connectivity index (χ0v) is 9.31. The van der Waals surface area contributed by atoms with Crippen molar-refractivity contribution in [1.82, 2.24) is 4.90 Å². The van der Waals surface area contributed by atoms with E-state index in [1.807, 2.05) is 25.1 Å². The molecule has 1 aromatic carbocycles. The first-order valence-corrected chi connectivity index (χ1v) is 5.43. The Labute approximate surface area is 95.0 Å². The fourth-order valence-corrected chi connectivity index (χ4v) is 2.08. The van der Waals surface area contributed by atoms with E-state index in [1.54, 1.807) is 11.0 Å². The lowest BCUT2D eigenvalue weighted by molar-refractivity contribution is 0.0745. The highest BCUT2D eigenvalue weighted by Crippen LogP contribution is 2.33. The maximum Gasteiger partial charge on any atom is 0.259 e. The van der Waals surface area contributed by atoms with E-state index < -0.39 is 0 Å². The molecule has 0 spiro atoms. The van der Waals surface area contributed by atoms with Crippen molar-refractivity contribution < 1.29 is 9.90 Å². The number of amides is 1. The lowest BCUT2D eigenvalue weighted by Gasteiger charge is -2.25. The third-order valence-electron chi connectivity index (χ3n) is 3.03. The quantitative estimate of drug-likeness (QED) is 0.839. The molecule has 1 aliphatic heterocycles. The van der Waals surface area contributed by atoms with E-state index in [2.05, 4.69) is 6.58 Å². The number of hydrogen-bond donors (Lipinski definition) is 1. The summed E-state index contributed by atoms with van der Waals surface area (Å²) in [6, 6.07) is 7.24. The summed E-state index contributed by atoms with van der Waals surface area (Å²) in [5.74, 6) is -0.0542. The summed E-state index contributed by atoms with van der Waals surface area (Å²) in [6.07, 6.45) is 0.718. The minimum atomic E-state index is -0.174. The van der Waals surface area contributed by atoms with Crippen LogP contribution in [0, 0.1) is 0 Å². The molecule has 1 heterocycles. The predicted octanol–water partition coefficient (Wildman–Crippen LogP) is 1.88. The van der Waals surface area contributed by atoms with Crippen LogP contribution < -0.4 is 0 Å². The largest absolute Gasteiger partial charge is 0.394 e. The van der Waals surface area contributed by atoms with Gasteiger partial charge in [0.05, 0.1) is 12.6 Å². The van der Waals surface area contributed by atoms with Gasteiger partial charge in [0.25, 0.3) is 5.91 Å². The van der Waals surface area contributed by atoms with Crippen molar-refractivity contribution in [3.05, 3.63) is 42.0 Å². The highest BCUT2D eigenvalue weighted by molar-refractivity contribution is 6.09. The van der Waals surface area contributed by atoms with Crippen LogP contribution in [0.5, 0.6) is 0 Å². The zero-order chi connectivity index (χ0) is 11.7. The number of fused-ring (bicyclic) bond motifs is 1. The number of aliphatic hydroxyl groups excluding tert-OH is 1. The van der Waals surface area contributed by atoms with Gasteiger partial charge in [0, 0.05) is 16.8 Å². The molecule has 0 aliphatic carbocycles. The van der Waals surface area contributed by atoms with Gasteiger partial charge in [0.2, 0.25) is 0 Å². The van der Waals surface area contributed by atoms with E-state index in [4.69, 9.17) is 0 Å². The average molecular weight is 217 g/mol. The normalized spacial score (nSPS) is 16.5. The zero-order valence-electron chi connectivity index (χ0n) is 9.31. The summed E-state index contributed by atoms with van der Waals surface area (Å²) in [5.41, 5.74) is 2.25. The van der Waals surface area contributed by atoms with Crippen molar-refractivity contribution in [2.45, 2.75) is 19.4 Å². The summed E-state index contributed by atoms with van der Waals surface area (Å²) in [5, 5.41) is 9.27. The Bertz CT molecular complexity index is 400. The molecule has 1 N–H and O–H groups in total. The first kappa shape index (κ1) is 10.9. The highest BCUT2D eigenvalue weighted by atomic mass is 16.3. The standard InChI is InChI=1S/C13H15NO2/c1-3-10(8-15)14-9(2)11-6-4-5-7-12(11)13(14)16/h4-7,10,15H,2-3,8H2,1H3/t10-/m1/s1. The molecule has 0 radical (unpaired) electrons. The summed E-state index contributed by atoms with van der Waals surface area (Å²) in [6.45, 7) is 5.85. The van der Waals surface area contributed by atoms with Crippen molar-refractivity contribution >= 4 is 11.6 Å². The highest BCUT2D eigenvalue weighted by Gasteiger charge is 2.34. The fourth-order valence-electron chi connectivity index (χ4n) is 2.08. The van der Waals surface area contributed by atoms with Gasteiger partial charge in [-0.3, -0.25) is 4.79 Å². The molecule has 3 nitrogen and oxygen atoms in total. The Morgan fingerprint density at radius 3 is 2.50 bits per heavy atom. The van der Waals surface area contributed by atoms with E-state index in [1.165, 1.54) is 0 Å². The number of nitrogens with zero attached hydrogens (tertiary/aromatic N) is 1. The van der Waals surface area contributed by atoms with Gasteiger partial charge >= 0.3 is 0 Å². The third kappa shape index (κ3) is 1.44. The Morgan fingerprint density at radius 2 is 2.00 bits per heavy atom. The number of benzene rings is 1. The van der Waals surface area contributed by atoms with E-state index in [-0.39, 0.29) is 18.6 Å². The molecule has 2 rings (SSSR count). The second kappa shape index (κ2) is 4.10. The van der Waals surface area contributed by atoms with Crippen LogP contribution in [0.1, 0.15) is 29.3 Å². The molecule has 0 fully saturated rings. The van der Waals surface area contributed by atoms with E-state index in [0.29, 0.717) is 11.3 Å². The fraction of sp³-hybridized carbons (Fsp3) is 0.308. The van der Waals surface area contributed by atoms with Crippen molar-refractivity contribution in [3.8, 4) is 0 Å². The van der Waals surface area contributed by atoms with Crippen molar-refractivity contribution in [1.29, 1.82) is 0 Å². The SMILES string of the molecule is C=C1c2ccccc2C(=O)N1[C@H](CC)CO. The van der Waals surface area contributed by atoms with Crippen LogP contribution in [0.2, 0.25) is 0 Å². The lowest BCUT2D eigenvalue weighted by atomic mass is 10.1. The molecule has 0 saturated carbocycles. The lowest BCUT2D eigenvalue weighted by Crippen LogP contribution is -2.36. The van der Waals surface area contributed by atoms with Crippen molar-refractivity contribution in [3.63, 3.8) is 0 Å². The smallest absolute Gasteiger partial charge is 0.259 e. The summed E-state index contributed by atoms with van der Waals surface area (Å²) < 4.78 is 0. The number of carbonyl (C=O) groups excluding carboxylic acids is 1. The second-order valence-electron chi connectivity index (χ2n) is 3.91. The van der Waals surface area contributed by atoms with Gasteiger partial charge in [-0.25, -0.2) is 0 Å². The third-order valence-corrected chi connectivity index (χ3v) is 3.03. The van der Waals surface area contributed by atoms with E-state index >= 15 is 0 Å². The van der Waals surface area contributed by atoms with Crippen LogP contribution in [0.4, 0.5) is 0 Å². The van der Waals surface area contributed by atoms with Gasteiger partial charge < -0.3 is 10.0 Å². The number of rotatable bonds is 3. The number of aliphatic hydroxyl groups is 1. The van der Waals surface area contributed by atoms with Crippen LogP contribution in [0.3, 0.4) is 0 Å². The van der Waals surface area contributed by atoms with Crippen LogP contribution in [-0.2, 0) is 0 Å². The maximum absolute atomic E-state index is 12.1. The van der Waals surface area contributed by atoms with Gasteiger partial charge in [0.1, 0.15) is 0 Å². The van der Waals surface area contributed by atoms with Crippen molar-refractivity contribution in [2.75, 3.05) is 6.61 Å². The Kier molecular flexibility index (Phi) is 2.79. The van der Waals surface area contributed by atoms with Gasteiger partial charge in [-0.05, 0) is 12.5 Å². The first-order valence-electron chi connectivity index (χ1n) is 5.43. The Morgan fingerprint density at radius 1 is 1.38 bits per heavy atom. The molecule has 0 aromatic heterocycles. The Balaban J connectivity index is 2.42. The molecule has 1 aliphatic rings. The predicted molar refractivity (Wildman–Crippen MR) is 62.8 cm³/mol. The van der Waals surface area contributed by atoms with Gasteiger partial charge in [0.15, 0.2) is 0 Å². The minimum Gasteiger partial charge on any atom is -0.394 e. The summed E-state index contributed by atoms with van der Waals surface area (Å²) >= 11 is 0. The minimum absolute atomic E-state index is 0.0325. The van der Waals surface area contributed by atoms with Crippen LogP contribution in [0.15, 0.2) is 30.8 Å². The first-order chi connectivity index (χ1) is 7.70.